The lowest BCUT2D eigenvalue weighted by atomic mass is 9.99. The van der Waals surface area contributed by atoms with Crippen LogP contribution in [0.25, 0.3) is 56.7 Å². The first-order valence-corrected chi connectivity index (χ1v) is 23.0. The van der Waals surface area contributed by atoms with Gasteiger partial charge < -0.3 is 9.80 Å². The van der Waals surface area contributed by atoms with E-state index in [1.54, 1.807) is 0 Å². The minimum atomic E-state index is 0.355. The van der Waals surface area contributed by atoms with Crippen LogP contribution in [0, 0.1) is 5.92 Å². The van der Waals surface area contributed by atoms with Gasteiger partial charge in [0.25, 0.3) is 0 Å². The molecule has 2 heteroatoms. The average molecular weight is 849 g/mol. The fraction of sp³-hybridized carbons (Fsp3) is 0.0781. The normalized spacial score (nSPS) is 14.4. The molecule has 0 heterocycles. The lowest BCUT2D eigenvalue weighted by molar-refractivity contribution is 0.875. The summed E-state index contributed by atoms with van der Waals surface area (Å²) in [5.74, 6) is 0.355. The highest BCUT2D eigenvalue weighted by atomic mass is 15.2. The van der Waals surface area contributed by atoms with Gasteiger partial charge in [0.2, 0.25) is 0 Å². The Hall–Kier alpha value is -8.16. The Kier molecular flexibility index (Phi) is 12.2. The SMILES string of the molecule is CC1=CC=C(N(c2ccc(/C=C/c3ccc(N(C4=C=CC(C)C=C4)c4ccc(-c5ccc(-c6ccccc6)cc5)cc4)cc3)cc2)c2ccc(-c3ccc(-c4ccccc4)cc3)cc2)CC1. The standard InChI is InChI=1S/C64H52N2/c1-47-13-35-59(36-14-47)65(63-43-31-57(32-44-63)55-27-23-53(24-28-55)51-9-5-3-6-10-51)61-39-19-49(20-40-61)17-18-50-21-41-62(42-22-50)66(60-37-15-48(2)16-38-60)64-45-33-58(34-46-64)56-29-25-54(26-30-56)52-11-7-4-8-12-52/h3-15,17-35,37,39-47H,16,38H2,1-2H3/b18-17+. The van der Waals surface area contributed by atoms with Crippen molar-refractivity contribution >= 4 is 34.9 Å². The minimum Gasteiger partial charge on any atom is -0.314 e. The molecule has 8 aromatic rings. The Balaban J connectivity index is 0.856. The van der Waals surface area contributed by atoms with Crippen LogP contribution >= 0.6 is 0 Å². The molecule has 0 spiro atoms. The third-order valence-electron chi connectivity index (χ3n) is 12.6. The van der Waals surface area contributed by atoms with Gasteiger partial charge in [-0.2, -0.15) is 0 Å². The van der Waals surface area contributed by atoms with Crippen molar-refractivity contribution in [2.45, 2.75) is 26.7 Å². The fourth-order valence-electron chi connectivity index (χ4n) is 8.77. The monoisotopic (exact) mass is 848 g/mol. The van der Waals surface area contributed by atoms with E-state index in [1.165, 1.54) is 55.8 Å². The van der Waals surface area contributed by atoms with Crippen molar-refractivity contribution in [3.8, 4) is 44.5 Å². The number of allylic oxidation sites excluding steroid dienone is 6. The van der Waals surface area contributed by atoms with Gasteiger partial charge in [0.15, 0.2) is 0 Å². The van der Waals surface area contributed by atoms with Gasteiger partial charge in [-0.25, -0.2) is 0 Å². The van der Waals surface area contributed by atoms with E-state index in [2.05, 4.69) is 278 Å². The fourth-order valence-corrected chi connectivity index (χ4v) is 8.77. The third-order valence-corrected chi connectivity index (χ3v) is 12.6. The number of rotatable bonds is 12. The Morgan fingerprint density at radius 2 is 0.773 bits per heavy atom. The quantitative estimate of drug-likeness (QED) is 0.0893. The van der Waals surface area contributed by atoms with Gasteiger partial charge in [-0.05, 0) is 148 Å². The zero-order valence-corrected chi connectivity index (χ0v) is 37.6. The van der Waals surface area contributed by atoms with Crippen molar-refractivity contribution in [3.63, 3.8) is 0 Å². The maximum Gasteiger partial charge on any atom is 0.0884 e. The highest BCUT2D eigenvalue weighted by Crippen LogP contribution is 2.37. The molecule has 1 atom stereocenters. The molecule has 2 aliphatic carbocycles. The molecular weight excluding hydrogens is 797 g/mol. The molecule has 2 nitrogen and oxygen atoms in total. The van der Waals surface area contributed by atoms with Crippen molar-refractivity contribution in [1.82, 2.24) is 0 Å². The molecule has 10 rings (SSSR count). The number of benzene rings is 8. The summed E-state index contributed by atoms with van der Waals surface area (Å²) in [5.41, 5.74) is 23.8. The molecule has 0 fully saturated rings. The topological polar surface area (TPSA) is 6.48 Å². The smallest absolute Gasteiger partial charge is 0.0884 e. The van der Waals surface area contributed by atoms with Crippen molar-refractivity contribution in [3.05, 3.63) is 270 Å². The summed E-state index contributed by atoms with van der Waals surface area (Å²) in [6.07, 6.45) is 17.6. The zero-order chi connectivity index (χ0) is 44.7. The summed E-state index contributed by atoms with van der Waals surface area (Å²) in [7, 11) is 0. The maximum atomic E-state index is 3.56. The summed E-state index contributed by atoms with van der Waals surface area (Å²) in [5, 5.41) is 0. The average Bonchev–Trinajstić information content (AvgIpc) is 3.39. The molecule has 2 aliphatic rings. The maximum absolute atomic E-state index is 3.56. The van der Waals surface area contributed by atoms with Gasteiger partial charge in [-0.15, -0.1) is 0 Å². The lowest BCUT2D eigenvalue weighted by Gasteiger charge is -2.29. The number of hydrogen-bond acceptors (Lipinski definition) is 2. The zero-order valence-electron chi connectivity index (χ0n) is 37.6. The molecule has 0 N–H and O–H groups in total. The highest BCUT2D eigenvalue weighted by molar-refractivity contribution is 5.79. The van der Waals surface area contributed by atoms with Gasteiger partial charge in [0.05, 0.1) is 5.70 Å². The van der Waals surface area contributed by atoms with Gasteiger partial charge in [-0.3, -0.25) is 0 Å². The van der Waals surface area contributed by atoms with E-state index in [-0.39, 0.29) is 0 Å². The second-order valence-corrected chi connectivity index (χ2v) is 17.3. The van der Waals surface area contributed by atoms with Crippen LogP contribution in [-0.2, 0) is 0 Å². The molecule has 66 heavy (non-hydrogen) atoms. The number of hydrogen-bond donors (Lipinski definition) is 0. The predicted octanol–water partition coefficient (Wildman–Crippen LogP) is 17.7. The van der Waals surface area contributed by atoms with Crippen LogP contribution in [-0.4, -0.2) is 0 Å². The van der Waals surface area contributed by atoms with E-state index in [1.807, 2.05) is 0 Å². The molecule has 8 aromatic carbocycles. The molecule has 0 bridgehead atoms. The second kappa shape index (κ2) is 19.3. The Bertz CT molecular complexity index is 3110. The van der Waals surface area contributed by atoms with Crippen LogP contribution in [0.4, 0.5) is 22.7 Å². The van der Waals surface area contributed by atoms with E-state index >= 15 is 0 Å². The van der Waals surface area contributed by atoms with E-state index in [9.17, 15) is 0 Å². The van der Waals surface area contributed by atoms with E-state index in [0.29, 0.717) is 5.92 Å². The number of nitrogens with zero attached hydrogens (tertiary/aromatic N) is 2. The van der Waals surface area contributed by atoms with Gasteiger partial charge in [0.1, 0.15) is 0 Å². The third kappa shape index (κ3) is 9.52. The van der Waals surface area contributed by atoms with Crippen molar-refractivity contribution in [1.29, 1.82) is 0 Å². The Labute approximate surface area is 390 Å². The summed E-state index contributed by atoms with van der Waals surface area (Å²) in [6, 6.07) is 74.4. The van der Waals surface area contributed by atoms with Crippen LogP contribution in [0.5, 0.6) is 0 Å². The van der Waals surface area contributed by atoms with E-state index in [4.69, 9.17) is 0 Å². The van der Waals surface area contributed by atoms with Crippen LogP contribution in [0.2, 0.25) is 0 Å². The van der Waals surface area contributed by atoms with Crippen molar-refractivity contribution in [2.24, 2.45) is 5.92 Å². The van der Waals surface area contributed by atoms with Crippen LogP contribution in [0.15, 0.2) is 259 Å². The van der Waals surface area contributed by atoms with E-state index in [0.717, 1.165) is 52.4 Å². The summed E-state index contributed by atoms with van der Waals surface area (Å²) < 4.78 is 0. The molecule has 0 radical (unpaired) electrons. The van der Waals surface area contributed by atoms with Gasteiger partial charge in [0, 0.05) is 28.4 Å². The van der Waals surface area contributed by atoms with E-state index < -0.39 is 0 Å². The van der Waals surface area contributed by atoms with Gasteiger partial charge in [-0.1, -0.05) is 200 Å². The second-order valence-electron chi connectivity index (χ2n) is 17.3. The summed E-state index contributed by atoms with van der Waals surface area (Å²) >= 11 is 0. The molecule has 0 aliphatic heterocycles. The van der Waals surface area contributed by atoms with Crippen molar-refractivity contribution in [2.75, 3.05) is 9.80 Å². The first kappa shape index (κ1) is 41.8. The molecule has 0 aromatic heterocycles. The van der Waals surface area contributed by atoms with Gasteiger partial charge >= 0.3 is 0 Å². The molecular formula is C64H52N2. The van der Waals surface area contributed by atoms with Crippen molar-refractivity contribution < 1.29 is 0 Å². The predicted molar refractivity (Wildman–Crippen MR) is 282 cm³/mol. The van der Waals surface area contributed by atoms with Crippen LogP contribution in [0.1, 0.15) is 37.8 Å². The van der Waals surface area contributed by atoms with Crippen LogP contribution in [0.3, 0.4) is 0 Å². The largest absolute Gasteiger partial charge is 0.314 e. The molecule has 0 amide bonds. The first-order valence-electron chi connectivity index (χ1n) is 23.0. The molecule has 1 unspecified atom stereocenters. The lowest BCUT2D eigenvalue weighted by Crippen LogP contribution is -2.17. The Morgan fingerprint density at radius 3 is 1.14 bits per heavy atom. The van der Waals surface area contributed by atoms with Crippen LogP contribution < -0.4 is 9.80 Å². The minimum absolute atomic E-state index is 0.355. The molecule has 318 valence electrons. The summed E-state index contributed by atoms with van der Waals surface area (Å²) in [4.78, 5) is 4.70. The highest BCUT2D eigenvalue weighted by Gasteiger charge is 2.18. The number of anilines is 4. The molecule has 0 saturated heterocycles. The Morgan fingerprint density at radius 1 is 0.409 bits per heavy atom. The summed E-state index contributed by atoms with van der Waals surface area (Å²) in [6.45, 7) is 4.40. The first-order chi connectivity index (χ1) is 32.5. The molecule has 0 saturated carbocycles.